The van der Waals surface area contributed by atoms with Crippen LogP contribution >= 0.6 is 0 Å². The number of β-amino-alcohol motifs (C(OH)–C–C–N with tert-alkyl or cyclic N) is 1. The lowest BCUT2D eigenvalue weighted by Crippen LogP contribution is -2.32. The van der Waals surface area contributed by atoms with Crippen molar-refractivity contribution in [2.24, 2.45) is 0 Å². The number of aryl methyl sites for hydroxylation is 1. The van der Waals surface area contributed by atoms with Crippen LogP contribution in [0.3, 0.4) is 0 Å². The van der Waals surface area contributed by atoms with Crippen molar-refractivity contribution in [2.45, 2.75) is 19.4 Å². The van der Waals surface area contributed by atoms with Gasteiger partial charge in [-0.15, -0.1) is 0 Å². The predicted octanol–water partition coefficient (Wildman–Crippen LogP) is 0.841. The molecule has 4 heteroatoms. The summed E-state index contributed by atoms with van der Waals surface area (Å²) >= 11 is 0. The van der Waals surface area contributed by atoms with E-state index in [1.807, 2.05) is 12.3 Å². The second-order valence-electron chi connectivity index (χ2n) is 4.04. The van der Waals surface area contributed by atoms with Crippen LogP contribution in [0.2, 0.25) is 0 Å². The van der Waals surface area contributed by atoms with Gasteiger partial charge in [-0.2, -0.15) is 0 Å². The maximum atomic E-state index is 9.63. The van der Waals surface area contributed by atoms with Crippen LogP contribution in [0, 0.1) is 0 Å². The van der Waals surface area contributed by atoms with Crippen LogP contribution in [0.5, 0.6) is 0 Å². The average molecular weight is 222 g/mol. The fraction of sp³-hybridized carbons (Fsp3) is 0.583. The van der Waals surface area contributed by atoms with Crippen LogP contribution < -0.4 is 4.90 Å². The zero-order valence-corrected chi connectivity index (χ0v) is 9.59. The molecule has 2 rings (SSSR count). The molecule has 1 aromatic heterocycles. The van der Waals surface area contributed by atoms with Gasteiger partial charge in [0.2, 0.25) is 0 Å². The first kappa shape index (κ1) is 11.4. The molecule has 1 fully saturated rings. The second-order valence-corrected chi connectivity index (χ2v) is 4.04. The third-order valence-electron chi connectivity index (χ3n) is 2.78. The van der Waals surface area contributed by atoms with Gasteiger partial charge >= 0.3 is 0 Å². The molecule has 0 aromatic carbocycles. The maximum Gasteiger partial charge on any atom is 0.0948 e. The van der Waals surface area contributed by atoms with E-state index in [1.54, 1.807) is 0 Å². The van der Waals surface area contributed by atoms with E-state index >= 15 is 0 Å². The van der Waals surface area contributed by atoms with Crippen molar-refractivity contribution in [1.29, 1.82) is 0 Å². The van der Waals surface area contributed by atoms with Crippen LogP contribution in [0.1, 0.15) is 12.6 Å². The number of anilines is 1. The van der Waals surface area contributed by atoms with Gasteiger partial charge in [0.15, 0.2) is 0 Å². The van der Waals surface area contributed by atoms with Crippen molar-refractivity contribution in [1.82, 2.24) is 4.98 Å². The third-order valence-corrected chi connectivity index (χ3v) is 2.78. The molecule has 0 amide bonds. The number of rotatable bonds is 2. The molecule has 0 radical (unpaired) electrons. The van der Waals surface area contributed by atoms with Gasteiger partial charge in [0.05, 0.1) is 31.2 Å². The fourth-order valence-corrected chi connectivity index (χ4v) is 1.84. The number of aromatic nitrogens is 1. The molecule has 0 bridgehead atoms. The summed E-state index contributed by atoms with van der Waals surface area (Å²) in [5.74, 6) is 0. The molecule has 1 N–H and O–H groups in total. The molecule has 0 aliphatic carbocycles. The van der Waals surface area contributed by atoms with Gasteiger partial charge in [-0.1, -0.05) is 6.92 Å². The number of pyridine rings is 1. The van der Waals surface area contributed by atoms with E-state index in [-0.39, 0.29) is 0 Å². The second kappa shape index (κ2) is 5.27. The van der Waals surface area contributed by atoms with E-state index < -0.39 is 6.10 Å². The van der Waals surface area contributed by atoms with E-state index in [4.69, 9.17) is 4.74 Å². The predicted molar refractivity (Wildman–Crippen MR) is 62.7 cm³/mol. The average Bonchev–Trinajstić information content (AvgIpc) is 2.54. The van der Waals surface area contributed by atoms with Crippen LogP contribution in [0.15, 0.2) is 18.3 Å². The molecule has 1 aliphatic rings. The molecule has 1 saturated heterocycles. The standard InChI is InChI=1S/C12H18N2O2/c1-2-10-3-4-11(7-13-10)14-5-6-16-9-12(15)8-14/h3-4,7,12,15H,2,5-6,8-9H2,1H3/t12-/m1/s1. The minimum absolute atomic E-state index is 0.409. The molecule has 0 unspecified atom stereocenters. The molecule has 0 spiro atoms. The summed E-state index contributed by atoms with van der Waals surface area (Å²) in [6.07, 6.45) is 2.41. The Kier molecular flexibility index (Phi) is 3.74. The van der Waals surface area contributed by atoms with Crippen LogP contribution in [0.25, 0.3) is 0 Å². The summed E-state index contributed by atoms with van der Waals surface area (Å²) in [6, 6.07) is 4.09. The third kappa shape index (κ3) is 2.71. The fourth-order valence-electron chi connectivity index (χ4n) is 1.84. The number of nitrogens with zero attached hydrogens (tertiary/aromatic N) is 2. The molecule has 1 aliphatic heterocycles. The Morgan fingerprint density at radius 2 is 2.44 bits per heavy atom. The molecule has 88 valence electrons. The van der Waals surface area contributed by atoms with E-state index in [9.17, 15) is 5.11 Å². The summed E-state index contributed by atoms with van der Waals surface area (Å²) < 4.78 is 5.29. The van der Waals surface area contributed by atoms with Crippen molar-refractivity contribution in [3.05, 3.63) is 24.0 Å². The first-order valence-electron chi connectivity index (χ1n) is 5.75. The van der Waals surface area contributed by atoms with Gasteiger partial charge < -0.3 is 14.7 Å². The van der Waals surface area contributed by atoms with Crippen LogP contribution in [-0.4, -0.2) is 42.5 Å². The largest absolute Gasteiger partial charge is 0.389 e. The lowest BCUT2D eigenvalue weighted by Gasteiger charge is -2.23. The Morgan fingerprint density at radius 1 is 1.56 bits per heavy atom. The summed E-state index contributed by atoms with van der Waals surface area (Å²) in [7, 11) is 0. The van der Waals surface area contributed by atoms with Gasteiger partial charge in [-0.3, -0.25) is 4.98 Å². The van der Waals surface area contributed by atoms with Gasteiger partial charge in [0, 0.05) is 18.8 Å². The Bertz CT molecular complexity index is 326. The minimum Gasteiger partial charge on any atom is -0.389 e. The Balaban J connectivity index is 2.09. The minimum atomic E-state index is -0.409. The van der Waals surface area contributed by atoms with Crippen molar-refractivity contribution < 1.29 is 9.84 Å². The number of hydrogen-bond donors (Lipinski definition) is 1. The summed E-state index contributed by atoms with van der Waals surface area (Å²) in [6.45, 7) is 4.60. The highest BCUT2D eigenvalue weighted by Gasteiger charge is 2.16. The highest BCUT2D eigenvalue weighted by atomic mass is 16.5. The van der Waals surface area contributed by atoms with Crippen molar-refractivity contribution >= 4 is 5.69 Å². The van der Waals surface area contributed by atoms with E-state index in [2.05, 4.69) is 22.9 Å². The van der Waals surface area contributed by atoms with E-state index in [1.165, 1.54) is 0 Å². The quantitative estimate of drug-likeness (QED) is 0.805. The van der Waals surface area contributed by atoms with E-state index in [0.717, 1.165) is 24.3 Å². The van der Waals surface area contributed by atoms with Crippen molar-refractivity contribution in [3.63, 3.8) is 0 Å². The molecule has 16 heavy (non-hydrogen) atoms. The summed E-state index contributed by atoms with van der Waals surface area (Å²) in [5.41, 5.74) is 2.15. The molecule has 1 atom stereocenters. The normalized spacial score (nSPS) is 21.9. The zero-order valence-electron chi connectivity index (χ0n) is 9.59. The summed E-state index contributed by atoms with van der Waals surface area (Å²) in [4.78, 5) is 6.48. The molecule has 2 heterocycles. The van der Waals surface area contributed by atoms with Gasteiger partial charge in [-0.05, 0) is 18.6 Å². The maximum absolute atomic E-state index is 9.63. The molecule has 0 saturated carbocycles. The number of aliphatic hydroxyl groups excluding tert-OH is 1. The Labute approximate surface area is 95.9 Å². The number of hydrogen-bond acceptors (Lipinski definition) is 4. The Morgan fingerprint density at radius 3 is 3.12 bits per heavy atom. The summed E-state index contributed by atoms with van der Waals surface area (Å²) in [5, 5.41) is 9.63. The lowest BCUT2D eigenvalue weighted by molar-refractivity contribution is 0.0597. The van der Waals surface area contributed by atoms with Crippen LogP contribution in [-0.2, 0) is 11.2 Å². The highest BCUT2D eigenvalue weighted by Crippen LogP contribution is 2.15. The van der Waals surface area contributed by atoms with Crippen molar-refractivity contribution in [3.8, 4) is 0 Å². The number of aliphatic hydroxyl groups is 1. The Hall–Kier alpha value is -1.13. The smallest absolute Gasteiger partial charge is 0.0948 e. The number of ether oxygens (including phenoxy) is 1. The van der Waals surface area contributed by atoms with Crippen LogP contribution in [0.4, 0.5) is 5.69 Å². The van der Waals surface area contributed by atoms with Gasteiger partial charge in [0.1, 0.15) is 0 Å². The molecule has 4 nitrogen and oxygen atoms in total. The topological polar surface area (TPSA) is 45.6 Å². The van der Waals surface area contributed by atoms with Crippen molar-refractivity contribution in [2.75, 3.05) is 31.2 Å². The molecular weight excluding hydrogens is 204 g/mol. The zero-order chi connectivity index (χ0) is 11.4. The van der Waals surface area contributed by atoms with Gasteiger partial charge in [0.25, 0.3) is 0 Å². The molecule has 1 aromatic rings. The lowest BCUT2D eigenvalue weighted by atomic mass is 10.2. The van der Waals surface area contributed by atoms with Gasteiger partial charge in [-0.25, -0.2) is 0 Å². The first-order chi connectivity index (χ1) is 7.79. The SMILES string of the molecule is CCc1ccc(N2CCOC[C@H](O)C2)cn1. The first-order valence-corrected chi connectivity index (χ1v) is 5.75. The highest BCUT2D eigenvalue weighted by molar-refractivity contribution is 5.44. The monoisotopic (exact) mass is 222 g/mol. The molecular formula is C12H18N2O2. The van der Waals surface area contributed by atoms with E-state index in [0.29, 0.717) is 19.8 Å².